The molecule has 2 heterocycles. The molecule has 39 heavy (non-hydrogen) atoms. The Labute approximate surface area is 233 Å². The van der Waals surface area contributed by atoms with Crippen LogP contribution in [0.5, 0.6) is 0 Å². The smallest absolute Gasteiger partial charge is 0.319 e. The normalized spacial score (nSPS) is 46.9. The zero-order valence-electron chi connectivity index (χ0n) is 21.8. The SMILES string of the molecule is C[C@]12C=CC(=O)C=C1[C@@H](F)CC1C3CC[C@](OC(=O)C4CSC4)(C(=O)S[C@H]4CCOC4=O)[C@@]3(C)C[C@H](O)[C@@]12F. The summed E-state index contributed by atoms with van der Waals surface area (Å²) >= 11 is 2.38. The highest BCUT2D eigenvalue weighted by molar-refractivity contribution is 8.14. The van der Waals surface area contributed by atoms with Gasteiger partial charge in [0.25, 0.3) is 0 Å². The van der Waals surface area contributed by atoms with E-state index in [-0.39, 0.29) is 43.8 Å². The predicted octanol–water partition coefficient (Wildman–Crippen LogP) is 3.53. The topological polar surface area (TPSA) is 107 Å². The molecule has 3 saturated carbocycles. The van der Waals surface area contributed by atoms with E-state index in [1.165, 1.54) is 19.1 Å². The molecule has 7 nitrogen and oxygen atoms in total. The van der Waals surface area contributed by atoms with E-state index in [1.807, 2.05) is 0 Å². The van der Waals surface area contributed by atoms with E-state index in [0.717, 1.165) is 17.8 Å². The first-order valence-corrected chi connectivity index (χ1v) is 15.6. The molecule has 0 amide bonds. The predicted molar refractivity (Wildman–Crippen MR) is 140 cm³/mol. The molecule has 9 atom stereocenters. The van der Waals surface area contributed by atoms with Gasteiger partial charge >= 0.3 is 11.9 Å². The van der Waals surface area contributed by atoms with E-state index < -0.39 is 74.3 Å². The van der Waals surface area contributed by atoms with Crippen molar-refractivity contribution in [1.29, 1.82) is 0 Å². The zero-order chi connectivity index (χ0) is 28.0. The number of thioether (sulfide) groups is 2. The summed E-state index contributed by atoms with van der Waals surface area (Å²) in [6, 6.07) is 0. The highest BCUT2D eigenvalue weighted by atomic mass is 32.2. The molecule has 0 aromatic carbocycles. The molecular formula is C28H32F2O7S2. The van der Waals surface area contributed by atoms with Crippen LogP contribution in [0.2, 0.25) is 0 Å². The molecule has 0 aromatic rings. The first-order chi connectivity index (χ1) is 18.4. The number of alkyl halides is 2. The van der Waals surface area contributed by atoms with Crippen molar-refractivity contribution < 1.29 is 42.5 Å². The second-order valence-corrected chi connectivity index (χ2v) is 14.5. The quantitative estimate of drug-likeness (QED) is 0.499. The van der Waals surface area contributed by atoms with Gasteiger partial charge < -0.3 is 14.6 Å². The number of hydrogen-bond donors (Lipinski definition) is 1. The highest BCUT2D eigenvalue weighted by Gasteiger charge is 2.76. The van der Waals surface area contributed by atoms with Crippen LogP contribution in [-0.4, -0.2) is 74.9 Å². The minimum Gasteiger partial charge on any atom is -0.465 e. The van der Waals surface area contributed by atoms with Crippen LogP contribution >= 0.6 is 23.5 Å². The summed E-state index contributed by atoms with van der Waals surface area (Å²) in [7, 11) is 0. The number of carbonyl (C=O) groups is 4. The van der Waals surface area contributed by atoms with Crippen LogP contribution in [0.25, 0.3) is 0 Å². The van der Waals surface area contributed by atoms with Gasteiger partial charge in [-0.25, -0.2) is 8.78 Å². The zero-order valence-corrected chi connectivity index (χ0v) is 23.5. The Morgan fingerprint density at radius 1 is 1.21 bits per heavy atom. The summed E-state index contributed by atoms with van der Waals surface area (Å²) in [6.45, 7) is 3.46. The van der Waals surface area contributed by atoms with Crippen molar-refractivity contribution in [2.24, 2.45) is 28.6 Å². The lowest BCUT2D eigenvalue weighted by atomic mass is 9.44. The number of ether oxygens (including phenoxy) is 2. The highest BCUT2D eigenvalue weighted by Crippen LogP contribution is 2.71. The number of ketones is 1. The van der Waals surface area contributed by atoms with Gasteiger partial charge in [0, 0.05) is 34.7 Å². The van der Waals surface area contributed by atoms with Crippen molar-refractivity contribution in [3.63, 3.8) is 0 Å². The number of esters is 2. The van der Waals surface area contributed by atoms with Gasteiger partial charge in [0.15, 0.2) is 17.1 Å². The number of cyclic esters (lactones) is 1. The Kier molecular flexibility index (Phi) is 6.43. The average molecular weight is 583 g/mol. The van der Waals surface area contributed by atoms with Gasteiger partial charge in [-0.3, -0.25) is 19.2 Å². The molecule has 11 heteroatoms. The number of carbonyl (C=O) groups excluding carboxylic acids is 4. The number of fused-ring (bicyclic) bond motifs is 5. The van der Waals surface area contributed by atoms with Gasteiger partial charge in [-0.15, -0.1) is 0 Å². The van der Waals surface area contributed by atoms with Crippen molar-refractivity contribution in [3.05, 3.63) is 23.8 Å². The number of aliphatic hydroxyl groups excluding tert-OH is 1. The molecule has 2 aliphatic heterocycles. The van der Waals surface area contributed by atoms with E-state index in [2.05, 4.69) is 0 Å². The van der Waals surface area contributed by atoms with Gasteiger partial charge in [0.2, 0.25) is 5.12 Å². The van der Waals surface area contributed by atoms with Crippen molar-refractivity contribution in [2.75, 3.05) is 18.1 Å². The molecule has 0 spiro atoms. The van der Waals surface area contributed by atoms with Crippen LogP contribution in [0.3, 0.4) is 0 Å². The molecule has 212 valence electrons. The molecule has 6 rings (SSSR count). The summed E-state index contributed by atoms with van der Waals surface area (Å²) in [5.41, 5.74) is -6.70. The standard InChI is InChI=1S/C28H32F2O7S2/c1-25-6-3-15(31)9-18(25)19(29)10-17-16-4-7-27(37-22(33)14-12-38-13-14,24(35)39-20-5-8-36-23(20)34)26(16,2)11-21(32)28(17,25)30/h3,6,9,14,16-17,19-21,32H,4-5,7-8,10-13H2,1-2H3/t16?,17?,19-,20-,21-,25-,26-,27-,28-/m0/s1. The van der Waals surface area contributed by atoms with E-state index in [1.54, 1.807) is 18.7 Å². The Hall–Kier alpha value is -1.72. The van der Waals surface area contributed by atoms with Crippen molar-refractivity contribution in [1.82, 2.24) is 0 Å². The monoisotopic (exact) mass is 582 g/mol. The van der Waals surface area contributed by atoms with Crippen LogP contribution in [0.4, 0.5) is 8.78 Å². The molecule has 0 bridgehead atoms. The second-order valence-electron chi connectivity index (χ2n) is 12.2. The van der Waals surface area contributed by atoms with Crippen LogP contribution < -0.4 is 0 Å². The summed E-state index contributed by atoms with van der Waals surface area (Å²) in [6.07, 6.45) is 0.797. The van der Waals surface area contributed by atoms with Crippen LogP contribution in [0, 0.1) is 28.6 Å². The third kappa shape index (κ3) is 3.64. The molecule has 0 aromatic heterocycles. The second kappa shape index (κ2) is 9.14. The summed E-state index contributed by atoms with van der Waals surface area (Å²) in [5.74, 6) is -2.22. The lowest BCUT2D eigenvalue weighted by molar-refractivity contribution is -0.227. The first-order valence-electron chi connectivity index (χ1n) is 13.5. The van der Waals surface area contributed by atoms with Crippen LogP contribution in [0.15, 0.2) is 23.8 Å². The summed E-state index contributed by atoms with van der Waals surface area (Å²) in [4.78, 5) is 51.6. The Balaban J connectivity index is 1.41. The number of halogens is 2. The number of aliphatic hydroxyl groups is 1. The molecule has 4 aliphatic carbocycles. The Morgan fingerprint density at radius 3 is 2.59 bits per heavy atom. The van der Waals surface area contributed by atoms with E-state index >= 15 is 8.78 Å². The maximum absolute atomic E-state index is 17.4. The van der Waals surface area contributed by atoms with Crippen molar-refractivity contribution >= 4 is 46.4 Å². The lowest BCUT2D eigenvalue weighted by Gasteiger charge is -2.63. The molecule has 2 saturated heterocycles. The van der Waals surface area contributed by atoms with E-state index in [9.17, 15) is 24.3 Å². The minimum absolute atomic E-state index is 0.0287. The Bertz CT molecular complexity index is 1200. The lowest BCUT2D eigenvalue weighted by Crippen LogP contribution is -2.70. The van der Waals surface area contributed by atoms with Gasteiger partial charge in [-0.2, -0.15) is 11.8 Å². The molecule has 2 unspecified atom stereocenters. The van der Waals surface area contributed by atoms with E-state index in [4.69, 9.17) is 9.47 Å². The fraction of sp³-hybridized carbons (Fsp3) is 0.714. The number of rotatable bonds is 4. The van der Waals surface area contributed by atoms with Crippen LogP contribution in [0.1, 0.15) is 46.0 Å². The summed E-state index contributed by atoms with van der Waals surface area (Å²) < 4.78 is 44.3. The van der Waals surface area contributed by atoms with Crippen molar-refractivity contribution in [3.8, 4) is 0 Å². The number of hydrogen-bond acceptors (Lipinski definition) is 9. The summed E-state index contributed by atoms with van der Waals surface area (Å²) in [5, 5.41) is 10.4. The third-order valence-electron chi connectivity index (χ3n) is 10.5. The molecule has 1 N–H and O–H groups in total. The van der Waals surface area contributed by atoms with Gasteiger partial charge in [-0.05, 0) is 56.3 Å². The maximum atomic E-state index is 17.4. The first kappa shape index (κ1) is 27.4. The fourth-order valence-corrected chi connectivity index (χ4v) is 10.1. The Morgan fingerprint density at radius 2 is 1.95 bits per heavy atom. The molecule has 5 fully saturated rings. The van der Waals surface area contributed by atoms with Crippen LogP contribution in [-0.2, 0) is 28.7 Å². The fourth-order valence-electron chi connectivity index (χ4n) is 8.17. The van der Waals surface area contributed by atoms with Gasteiger partial charge in [-0.1, -0.05) is 24.8 Å². The van der Waals surface area contributed by atoms with Crippen molar-refractivity contribution in [2.45, 2.75) is 74.7 Å². The number of allylic oxidation sites excluding steroid dienone is 4. The van der Waals surface area contributed by atoms with Gasteiger partial charge in [0.05, 0.1) is 18.6 Å². The third-order valence-corrected chi connectivity index (χ3v) is 13.0. The minimum atomic E-state index is -2.29. The van der Waals surface area contributed by atoms with E-state index in [0.29, 0.717) is 17.9 Å². The molecule has 0 radical (unpaired) electrons. The maximum Gasteiger partial charge on any atom is 0.319 e. The average Bonchev–Trinajstić information content (AvgIpc) is 3.37. The van der Waals surface area contributed by atoms with Gasteiger partial charge in [0.1, 0.15) is 11.4 Å². The molecule has 6 aliphatic rings. The largest absolute Gasteiger partial charge is 0.465 e. The molecular weight excluding hydrogens is 550 g/mol.